The van der Waals surface area contributed by atoms with Crippen LogP contribution in [-0.2, 0) is 9.47 Å². The van der Waals surface area contributed by atoms with E-state index in [1.54, 1.807) is 0 Å². The molecule has 2 heterocycles. The van der Waals surface area contributed by atoms with Crippen LogP contribution in [0.25, 0.3) is 0 Å². The second kappa shape index (κ2) is 2.17. The minimum Gasteiger partial charge on any atom is -0.388 e. The summed E-state index contributed by atoms with van der Waals surface area (Å²) in [7, 11) is 0. The lowest BCUT2D eigenvalue weighted by Crippen LogP contribution is -2.30. The molecule has 2 rings (SSSR count). The normalized spacial score (nSPS) is 53.4. The monoisotopic (exact) mass is 146 g/mol. The van der Waals surface area contributed by atoms with Gasteiger partial charge in [-0.05, 0) is 0 Å². The minimum atomic E-state index is -0.554. The molecule has 4 atom stereocenters. The molecule has 0 saturated carbocycles. The van der Waals surface area contributed by atoms with Crippen LogP contribution in [0, 0.1) is 0 Å². The number of rotatable bonds is 0. The Labute approximate surface area is 58.4 Å². The van der Waals surface area contributed by atoms with Crippen molar-refractivity contribution in [1.29, 1.82) is 0 Å². The van der Waals surface area contributed by atoms with Crippen molar-refractivity contribution in [2.24, 2.45) is 0 Å². The smallest absolute Gasteiger partial charge is 0.114 e. The zero-order chi connectivity index (χ0) is 7.14. The zero-order valence-corrected chi connectivity index (χ0v) is 5.43. The third-order valence-electron chi connectivity index (χ3n) is 2.00. The van der Waals surface area contributed by atoms with E-state index in [-0.39, 0.29) is 25.4 Å². The maximum atomic E-state index is 9.16. The van der Waals surface area contributed by atoms with Crippen LogP contribution < -0.4 is 0 Å². The molecule has 0 aromatic rings. The molecule has 0 bridgehead atoms. The first-order valence-electron chi connectivity index (χ1n) is 3.38. The lowest BCUT2D eigenvalue weighted by atomic mass is 10.1. The Balaban J connectivity index is 2.09. The molecule has 2 N–H and O–H groups in total. The summed E-state index contributed by atoms with van der Waals surface area (Å²) in [5.74, 6) is 0. The number of hydrogen-bond donors (Lipinski definition) is 2. The average Bonchev–Trinajstić information content (AvgIpc) is 2.41. The highest BCUT2D eigenvalue weighted by Gasteiger charge is 2.46. The van der Waals surface area contributed by atoms with Crippen LogP contribution in [0.3, 0.4) is 0 Å². The molecule has 10 heavy (non-hydrogen) atoms. The molecule has 0 aliphatic carbocycles. The molecule has 58 valence electrons. The average molecular weight is 146 g/mol. The van der Waals surface area contributed by atoms with Gasteiger partial charge in [0.1, 0.15) is 24.4 Å². The second-order valence-corrected chi connectivity index (χ2v) is 2.73. The van der Waals surface area contributed by atoms with Crippen LogP contribution in [0.15, 0.2) is 0 Å². The second-order valence-electron chi connectivity index (χ2n) is 2.73. The summed E-state index contributed by atoms with van der Waals surface area (Å²) in [5.41, 5.74) is 0. The van der Waals surface area contributed by atoms with E-state index in [9.17, 15) is 0 Å². The summed E-state index contributed by atoms with van der Waals surface area (Å²) in [6.07, 6.45) is -1.70. The van der Waals surface area contributed by atoms with Crippen molar-refractivity contribution in [3.05, 3.63) is 0 Å². The zero-order valence-electron chi connectivity index (χ0n) is 5.43. The maximum Gasteiger partial charge on any atom is 0.114 e. The Morgan fingerprint density at radius 3 is 1.70 bits per heavy atom. The summed E-state index contributed by atoms with van der Waals surface area (Å²) in [5, 5.41) is 18.3. The van der Waals surface area contributed by atoms with E-state index in [1.807, 2.05) is 0 Å². The number of aliphatic hydroxyl groups excluding tert-OH is 2. The van der Waals surface area contributed by atoms with Crippen LogP contribution in [-0.4, -0.2) is 47.8 Å². The molecule has 2 aliphatic rings. The lowest BCUT2D eigenvalue weighted by molar-refractivity contribution is 0.00205. The molecule has 0 aromatic heterocycles. The van der Waals surface area contributed by atoms with Crippen molar-refractivity contribution < 1.29 is 19.7 Å². The van der Waals surface area contributed by atoms with Crippen LogP contribution in [0.2, 0.25) is 0 Å². The van der Waals surface area contributed by atoms with Gasteiger partial charge in [0.15, 0.2) is 0 Å². The van der Waals surface area contributed by atoms with E-state index >= 15 is 0 Å². The first-order valence-corrected chi connectivity index (χ1v) is 3.38. The topological polar surface area (TPSA) is 58.9 Å². The van der Waals surface area contributed by atoms with Crippen molar-refractivity contribution in [3.63, 3.8) is 0 Å². The van der Waals surface area contributed by atoms with Gasteiger partial charge in [0.25, 0.3) is 0 Å². The van der Waals surface area contributed by atoms with Crippen molar-refractivity contribution >= 4 is 0 Å². The summed E-state index contributed by atoms with van der Waals surface area (Å²) in [6, 6.07) is 0. The van der Waals surface area contributed by atoms with Crippen LogP contribution in [0.5, 0.6) is 0 Å². The molecule has 0 aromatic carbocycles. The fourth-order valence-corrected chi connectivity index (χ4v) is 1.46. The highest BCUT2D eigenvalue weighted by Crippen LogP contribution is 2.26. The largest absolute Gasteiger partial charge is 0.388 e. The minimum absolute atomic E-state index is 0.284. The van der Waals surface area contributed by atoms with Gasteiger partial charge in [0.2, 0.25) is 0 Å². The number of fused-ring (bicyclic) bond motifs is 1. The van der Waals surface area contributed by atoms with E-state index in [0.29, 0.717) is 0 Å². The fourth-order valence-electron chi connectivity index (χ4n) is 1.46. The van der Waals surface area contributed by atoms with Gasteiger partial charge in [-0.1, -0.05) is 0 Å². The van der Waals surface area contributed by atoms with Gasteiger partial charge < -0.3 is 19.7 Å². The first kappa shape index (κ1) is 6.54. The summed E-state index contributed by atoms with van der Waals surface area (Å²) < 4.78 is 10.2. The van der Waals surface area contributed by atoms with E-state index in [4.69, 9.17) is 19.7 Å². The van der Waals surface area contributed by atoms with Gasteiger partial charge in [-0.25, -0.2) is 0 Å². The highest BCUT2D eigenvalue weighted by atomic mass is 16.6. The molecule has 2 aliphatic heterocycles. The van der Waals surface area contributed by atoms with E-state index < -0.39 is 12.2 Å². The number of aliphatic hydroxyl groups is 2. The van der Waals surface area contributed by atoms with E-state index in [1.165, 1.54) is 0 Å². The predicted molar refractivity (Wildman–Crippen MR) is 31.5 cm³/mol. The number of hydrogen-bond acceptors (Lipinski definition) is 4. The van der Waals surface area contributed by atoms with Crippen molar-refractivity contribution in [1.82, 2.24) is 0 Å². The van der Waals surface area contributed by atoms with Gasteiger partial charge in [0.05, 0.1) is 13.2 Å². The van der Waals surface area contributed by atoms with Crippen LogP contribution in [0.4, 0.5) is 0 Å². The Kier molecular flexibility index (Phi) is 1.42. The van der Waals surface area contributed by atoms with Crippen molar-refractivity contribution in [3.8, 4) is 0 Å². The van der Waals surface area contributed by atoms with Gasteiger partial charge >= 0.3 is 0 Å². The Morgan fingerprint density at radius 1 is 0.900 bits per heavy atom. The Hall–Kier alpha value is -0.160. The quantitative estimate of drug-likeness (QED) is 0.437. The standard InChI is InChI=1S/C6H10O4/c7-3-1-9-6-4(8)2-10-5(3)6/h3-8H,1-2H2/t3-,4-,5?,6?/m0/s1. The summed E-state index contributed by atoms with van der Waals surface area (Å²) in [4.78, 5) is 0. The summed E-state index contributed by atoms with van der Waals surface area (Å²) >= 11 is 0. The van der Waals surface area contributed by atoms with Gasteiger partial charge in [-0.3, -0.25) is 0 Å². The first-order chi connectivity index (χ1) is 4.79. The third-order valence-corrected chi connectivity index (χ3v) is 2.00. The van der Waals surface area contributed by atoms with Gasteiger partial charge in [0, 0.05) is 0 Å². The van der Waals surface area contributed by atoms with Gasteiger partial charge in [-0.2, -0.15) is 0 Å². The van der Waals surface area contributed by atoms with Crippen LogP contribution in [0.1, 0.15) is 0 Å². The van der Waals surface area contributed by atoms with Gasteiger partial charge in [-0.15, -0.1) is 0 Å². The molecular weight excluding hydrogens is 136 g/mol. The third kappa shape index (κ3) is 0.769. The molecule has 2 fully saturated rings. The van der Waals surface area contributed by atoms with Crippen LogP contribution >= 0.6 is 0 Å². The molecule has 0 radical (unpaired) electrons. The predicted octanol–water partition coefficient (Wildman–Crippen LogP) is -1.49. The highest BCUT2D eigenvalue weighted by molar-refractivity contribution is 4.93. The fraction of sp³-hybridized carbons (Fsp3) is 1.00. The van der Waals surface area contributed by atoms with Crippen molar-refractivity contribution in [2.75, 3.05) is 13.2 Å². The maximum absolute atomic E-state index is 9.16. The Bertz CT molecular complexity index is 122. The SMILES string of the molecule is O[C@H]1COC2C1OC[C@@H]2O. The molecule has 4 nitrogen and oxygen atoms in total. The van der Waals surface area contributed by atoms with E-state index in [2.05, 4.69) is 0 Å². The molecule has 2 unspecified atom stereocenters. The number of ether oxygens (including phenoxy) is 2. The molecule has 4 heteroatoms. The Morgan fingerprint density at radius 2 is 1.30 bits per heavy atom. The van der Waals surface area contributed by atoms with E-state index in [0.717, 1.165) is 0 Å². The molecular formula is C6H10O4. The summed E-state index contributed by atoms with van der Waals surface area (Å²) in [6.45, 7) is 0.568. The molecule has 2 saturated heterocycles. The molecule has 0 spiro atoms. The lowest BCUT2D eigenvalue weighted by Gasteiger charge is -2.09. The van der Waals surface area contributed by atoms with Crippen molar-refractivity contribution in [2.45, 2.75) is 24.4 Å². The molecule has 0 amide bonds.